The maximum absolute atomic E-state index is 12.2. The molecular weight excluding hydrogens is 306 g/mol. The molecule has 0 amide bonds. The van der Waals surface area contributed by atoms with Crippen LogP contribution in [0.3, 0.4) is 0 Å². The largest absolute Gasteiger partial charge is 0.393 e. The second-order valence-corrected chi connectivity index (χ2v) is 5.24. The van der Waals surface area contributed by atoms with Crippen LogP contribution in [-0.4, -0.2) is 9.36 Å². The lowest BCUT2D eigenvalue weighted by Gasteiger charge is -2.13. The topological polar surface area (TPSA) is 53.0 Å². The van der Waals surface area contributed by atoms with Crippen molar-refractivity contribution < 1.29 is 0 Å². The Hall–Kier alpha value is -1.49. The van der Waals surface area contributed by atoms with Gasteiger partial charge in [0.2, 0.25) is 0 Å². The van der Waals surface area contributed by atoms with E-state index in [1.807, 2.05) is 42.8 Å². The minimum absolute atomic E-state index is 0.102. The summed E-state index contributed by atoms with van der Waals surface area (Å²) < 4.78 is 4.69. The van der Waals surface area contributed by atoms with E-state index in [1.165, 1.54) is 0 Å². The molecule has 1 heterocycles. The summed E-state index contributed by atoms with van der Waals surface area (Å²) in [7, 11) is 0. The molecule has 19 heavy (non-hydrogen) atoms. The van der Waals surface area contributed by atoms with Crippen molar-refractivity contribution in [3.8, 4) is 0 Å². The van der Waals surface area contributed by atoms with Crippen LogP contribution in [0.2, 0.25) is 0 Å². The number of nitrogens with zero attached hydrogens (tertiary/aromatic N) is 2. The molecule has 0 saturated carbocycles. The zero-order valence-corrected chi connectivity index (χ0v) is 12.8. The van der Waals surface area contributed by atoms with Gasteiger partial charge in [0, 0.05) is 11.0 Å². The van der Waals surface area contributed by atoms with Crippen molar-refractivity contribution in [2.45, 2.75) is 33.4 Å². The van der Waals surface area contributed by atoms with E-state index in [4.69, 9.17) is 5.73 Å². The molecule has 0 atom stereocenters. The van der Waals surface area contributed by atoms with Gasteiger partial charge in [-0.15, -0.1) is 0 Å². The quantitative estimate of drug-likeness (QED) is 0.940. The Labute approximate surface area is 120 Å². The van der Waals surface area contributed by atoms with E-state index < -0.39 is 0 Å². The summed E-state index contributed by atoms with van der Waals surface area (Å²) in [5.41, 5.74) is 8.17. The Morgan fingerprint density at radius 3 is 2.47 bits per heavy atom. The van der Waals surface area contributed by atoms with Gasteiger partial charge in [-0.1, -0.05) is 41.1 Å². The highest BCUT2D eigenvalue weighted by Gasteiger charge is 2.15. The summed E-state index contributed by atoms with van der Waals surface area (Å²) in [6.07, 6.45) is 0.762. The van der Waals surface area contributed by atoms with E-state index in [2.05, 4.69) is 15.9 Å². The number of aromatic nitrogens is 2. The fourth-order valence-corrected chi connectivity index (χ4v) is 2.75. The molecule has 1 aromatic carbocycles. The van der Waals surface area contributed by atoms with E-state index in [9.17, 15) is 4.79 Å². The second-order valence-electron chi connectivity index (χ2n) is 4.38. The molecule has 0 aliphatic rings. The summed E-state index contributed by atoms with van der Waals surface area (Å²) >= 11 is 3.51. The summed E-state index contributed by atoms with van der Waals surface area (Å²) in [6.45, 7) is 5.30. The first-order valence-electron chi connectivity index (χ1n) is 6.41. The van der Waals surface area contributed by atoms with Gasteiger partial charge in [-0.25, -0.2) is 4.68 Å². The fraction of sp³-hybridized carbons (Fsp3) is 0.357. The SMILES string of the molecule is CCc1c(N)c(=O)n(Cc2ccccc2Br)n1CC. The van der Waals surface area contributed by atoms with Crippen molar-refractivity contribution in [1.29, 1.82) is 0 Å². The van der Waals surface area contributed by atoms with Crippen LogP contribution in [0.15, 0.2) is 33.5 Å². The van der Waals surface area contributed by atoms with E-state index in [1.54, 1.807) is 4.68 Å². The number of hydrogen-bond donors (Lipinski definition) is 1. The molecule has 4 nitrogen and oxygen atoms in total. The van der Waals surface area contributed by atoms with Gasteiger partial charge in [0.15, 0.2) is 0 Å². The third kappa shape index (κ3) is 2.47. The number of nitrogens with two attached hydrogens (primary N) is 1. The second kappa shape index (κ2) is 5.65. The van der Waals surface area contributed by atoms with Crippen molar-refractivity contribution in [3.63, 3.8) is 0 Å². The first-order chi connectivity index (χ1) is 9.10. The maximum Gasteiger partial charge on any atom is 0.290 e. The van der Waals surface area contributed by atoms with Gasteiger partial charge < -0.3 is 5.73 Å². The zero-order valence-electron chi connectivity index (χ0n) is 11.2. The Kier molecular flexibility index (Phi) is 4.14. The van der Waals surface area contributed by atoms with Crippen LogP contribution >= 0.6 is 15.9 Å². The highest BCUT2D eigenvalue weighted by Crippen LogP contribution is 2.18. The molecule has 0 radical (unpaired) electrons. The molecule has 0 aliphatic heterocycles. The molecule has 102 valence electrons. The molecule has 0 fully saturated rings. The fourth-order valence-electron chi connectivity index (χ4n) is 2.34. The molecule has 0 spiro atoms. The third-order valence-electron chi connectivity index (χ3n) is 3.29. The van der Waals surface area contributed by atoms with Gasteiger partial charge in [0.1, 0.15) is 5.69 Å². The van der Waals surface area contributed by atoms with Gasteiger partial charge in [-0.3, -0.25) is 9.48 Å². The van der Waals surface area contributed by atoms with Crippen molar-refractivity contribution in [1.82, 2.24) is 9.36 Å². The van der Waals surface area contributed by atoms with Gasteiger partial charge in [-0.05, 0) is 25.0 Å². The zero-order chi connectivity index (χ0) is 14.0. The van der Waals surface area contributed by atoms with Crippen LogP contribution < -0.4 is 11.3 Å². The van der Waals surface area contributed by atoms with Gasteiger partial charge >= 0.3 is 0 Å². The molecule has 2 N–H and O–H groups in total. The molecular formula is C14H18BrN3O. The molecule has 2 aromatic rings. The number of nitrogen functional groups attached to an aromatic ring is 1. The minimum atomic E-state index is -0.102. The Morgan fingerprint density at radius 2 is 1.89 bits per heavy atom. The molecule has 1 aromatic heterocycles. The van der Waals surface area contributed by atoms with E-state index >= 15 is 0 Å². The minimum Gasteiger partial charge on any atom is -0.393 e. The Balaban J connectivity index is 2.52. The Morgan fingerprint density at radius 1 is 1.21 bits per heavy atom. The van der Waals surface area contributed by atoms with E-state index in [-0.39, 0.29) is 5.56 Å². The lowest BCUT2D eigenvalue weighted by atomic mass is 10.2. The summed E-state index contributed by atoms with van der Waals surface area (Å²) in [5.74, 6) is 0. The van der Waals surface area contributed by atoms with Gasteiger partial charge in [-0.2, -0.15) is 0 Å². The summed E-state index contributed by atoms with van der Waals surface area (Å²) in [4.78, 5) is 12.2. The average Bonchev–Trinajstić information content (AvgIpc) is 2.65. The first-order valence-corrected chi connectivity index (χ1v) is 7.20. The molecule has 5 heteroatoms. The van der Waals surface area contributed by atoms with Crippen LogP contribution in [0.5, 0.6) is 0 Å². The molecule has 0 unspecified atom stereocenters. The molecule has 0 aliphatic carbocycles. The normalized spacial score (nSPS) is 10.9. The maximum atomic E-state index is 12.2. The summed E-state index contributed by atoms with van der Waals surface area (Å²) in [5, 5.41) is 0. The Bertz CT molecular complexity index is 643. The van der Waals surface area contributed by atoms with Crippen LogP contribution in [0.1, 0.15) is 25.1 Å². The van der Waals surface area contributed by atoms with Crippen molar-refractivity contribution in [2.24, 2.45) is 0 Å². The van der Waals surface area contributed by atoms with Crippen LogP contribution in [0.4, 0.5) is 5.69 Å². The first kappa shape index (κ1) is 13.9. The molecule has 0 saturated heterocycles. The van der Waals surface area contributed by atoms with Crippen LogP contribution in [0, 0.1) is 0 Å². The smallest absolute Gasteiger partial charge is 0.290 e. The number of rotatable bonds is 4. The lowest BCUT2D eigenvalue weighted by Crippen LogP contribution is -2.24. The number of anilines is 1. The van der Waals surface area contributed by atoms with Gasteiger partial charge in [0.05, 0.1) is 12.2 Å². The number of benzene rings is 1. The standard InChI is InChI=1S/C14H18BrN3O/c1-3-12-13(16)14(19)18(17(12)4-2)9-10-7-5-6-8-11(10)15/h5-8H,3-4,9,16H2,1-2H3. The predicted molar refractivity (Wildman–Crippen MR) is 81.4 cm³/mol. The number of halogens is 1. The molecule has 0 bridgehead atoms. The summed E-state index contributed by atoms with van der Waals surface area (Å²) in [6, 6.07) is 7.91. The lowest BCUT2D eigenvalue weighted by molar-refractivity contribution is 0.473. The van der Waals surface area contributed by atoms with E-state index in [0.717, 1.165) is 28.7 Å². The van der Waals surface area contributed by atoms with E-state index in [0.29, 0.717) is 12.2 Å². The molecule has 2 rings (SSSR count). The van der Waals surface area contributed by atoms with Crippen molar-refractivity contribution in [2.75, 3.05) is 5.73 Å². The van der Waals surface area contributed by atoms with Gasteiger partial charge in [0.25, 0.3) is 5.56 Å². The number of hydrogen-bond acceptors (Lipinski definition) is 2. The van der Waals surface area contributed by atoms with Crippen molar-refractivity contribution in [3.05, 3.63) is 50.3 Å². The third-order valence-corrected chi connectivity index (χ3v) is 4.06. The van der Waals surface area contributed by atoms with Crippen LogP contribution in [0.25, 0.3) is 0 Å². The monoisotopic (exact) mass is 323 g/mol. The predicted octanol–water partition coefficient (Wildman–Crippen LogP) is 2.63. The average molecular weight is 324 g/mol. The van der Waals surface area contributed by atoms with Crippen molar-refractivity contribution >= 4 is 21.6 Å². The highest BCUT2D eigenvalue weighted by molar-refractivity contribution is 9.10. The highest BCUT2D eigenvalue weighted by atomic mass is 79.9. The van der Waals surface area contributed by atoms with Crippen LogP contribution in [-0.2, 0) is 19.5 Å².